The van der Waals surface area contributed by atoms with Crippen LogP contribution in [-0.4, -0.2) is 15.9 Å². The van der Waals surface area contributed by atoms with Gasteiger partial charge in [-0.15, -0.1) is 11.3 Å². The minimum atomic E-state index is -0.526. The summed E-state index contributed by atoms with van der Waals surface area (Å²) in [7, 11) is 0. The van der Waals surface area contributed by atoms with E-state index in [-0.39, 0.29) is 5.69 Å². The third-order valence-electron chi connectivity index (χ3n) is 2.15. The SMILES string of the molecule is Cc1ncc(CNc2ccnc(C(N)=O)c2)s1. The second kappa shape index (κ2) is 4.92. The van der Waals surface area contributed by atoms with Gasteiger partial charge >= 0.3 is 0 Å². The summed E-state index contributed by atoms with van der Waals surface area (Å²) >= 11 is 1.64. The molecule has 6 heteroatoms. The lowest BCUT2D eigenvalue weighted by Gasteiger charge is -2.04. The van der Waals surface area contributed by atoms with Gasteiger partial charge in [-0.1, -0.05) is 0 Å². The maximum atomic E-state index is 11.0. The van der Waals surface area contributed by atoms with Crippen molar-refractivity contribution in [2.45, 2.75) is 13.5 Å². The minimum absolute atomic E-state index is 0.260. The van der Waals surface area contributed by atoms with Gasteiger partial charge in [-0.25, -0.2) is 4.98 Å². The Morgan fingerprint density at radius 1 is 1.53 bits per heavy atom. The molecule has 2 aromatic heterocycles. The van der Waals surface area contributed by atoms with Crippen molar-refractivity contribution in [2.24, 2.45) is 5.73 Å². The first-order valence-corrected chi connectivity index (χ1v) is 5.88. The van der Waals surface area contributed by atoms with E-state index in [9.17, 15) is 4.79 Å². The van der Waals surface area contributed by atoms with Gasteiger partial charge in [0.15, 0.2) is 0 Å². The van der Waals surface area contributed by atoms with Crippen molar-refractivity contribution in [3.8, 4) is 0 Å². The van der Waals surface area contributed by atoms with Gasteiger partial charge in [0.05, 0.1) is 11.6 Å². The van der Waals surface area contributed by atoms with E-state index in [1.807, 2.05) is 13.1 Å². The average Bonchev–Trinajstić information content (AvgIpc) is 2.73. The standard InChI is InChI=1S/C11H12N4OS/c1-7-14-5-9(17-7)6-15-8-2-3-13-10(4-8)11(12)16/h2-5H,6H2,1H3,(H2,12,16)(H,13,15). The van der Waals surface area contributed by atoms with Crippen LogP contribution in [0.5, 0.6) is 0 Å². The molecule has 0 aliphatic heterocycles. The van der Waals surface area contributed by atoms with Gasteiger partial charge in [-0.05, 0) is 19.1 Å². The molecule has 0 fully saturated rings. The first-order valence-electron chi connectivity index (χ1n) is 5.06. The zero-order chi connectivity index (χ0) is 12.3. The molecule has 0 aliphatic rings. The number of rotatable bonds is 4. The number of carbonyl (C=O) groups excluding carboxylic acids is 1. The highest BCUT2D eigenvalue weighted by Crippen LogP contribution is 2.14. The third kappa shape index (κ3) is 3.01. The fourth-order valence-corrected chi connectivity index (χ4v) is 2.09. The Balaban J connectivity index is 2.04. The van der Waals surface area contributed by atoms with Crippen molar-refractivity contribution >= 4 is 22.9 Å². The van der Waals surface area contributed by atoms with E-state index >= 15 is 0 Å². The number of aryl methyl sites for hydroxylation is 1. The van der Waals surface area contributed by atoms with Crippen LogP contribution >= 0.6 is 11.3 Å². The summed E-state index contributed by atoms with van der Waals surface area (Å²) < 4.78 is 0. The molecule has 2 heterocycles. The smallest absolute Gasteiger partial charge is 0.267 e. The van der Waals surface area contributed by atoms with Crippen LogP contribution in [0.2, 0.25) is 0 Å². The van der Waals surface area contributed by atoms with Crippen molar-refractivity contribution in [1.29, 1.82) is 0 Å². The van der Waals surface area contributed by atoms with E-state index in [0.29, 0.717) is 6.54 Å². The summed E-state index contributed by atoms with van der Waals surface area (Å²) in [6, 6.07) is 3.43. The highest BCUT2D eigenvalue weighted by atomic mass is 32.1. The summed E-state index contributed by atoms with van der Waals surface area (Å²) in [5.41, 5.74) is 6.24. The number of nitrogens with zero attached hydrogens (tertiary/aromatic N) is 2. The molecule has 5 nitrogen and oxygen atoms in total. The zero-order valence-corrected chi connectivity index (χ0v) is 10.1. The van der Waals surface area contributed by atoms with Gasteiger partial charge < -0.3 is 11.1 Å². The van der Waals surface area contributed by atoms with Crippen molar-refractivity contribution in [3.63, 3.8) is 0 Å². The second-order valence-electron chi connectivity index (χ2n) is 3.49. The van der Waals surface area contributed by atoms with Crippen molar-refractivity contribution in [2.75, 3.05) is 5.32 Å². The first-order chi connectivity index (χ1) is 8.15. The van der Waals surface area contributed by atoms with Crippen LogP contribution in [0.15, 0.2) is 24.5 Å². The Hall–Kier alpha value is -1.95. The maximum Gasteiger partial charge on any atom is 0.267 e. The quantitative estimate of drug-likeness (QED) is 0.860. The molecular weight excluding hydrogens is 236 g/mol. The fourth-order valence-electron chi connectivity index (χ4n) is 1.35. The Morgan fingerprint density at radius 3 is 3.00 bits per heavy atom. The summed E-state index contributed by atoms with van der Waals surface area (Å²) in [5.74, 6) is -0.526. The van der Waals surface area contributed by atoms with Crippen LogP contribution in [0.25, 0.3) is 0 Å². The fraction of sp³-hybridized carbons (Fsp3) is 0.182. The molecule has 2 aromatic rings. The lowest BCUT2D eigenvalue weighted by Crippen LogP contribution is -2.13. The third-order valence-corrected chi connectivity index (χ3v) is 3.06. The second-order valence-corrected chi connectivity index (χ2v) is 4.81. The number of nitrogens with two attached hydrogens (primary N) is 1. The predicted octanol–water partition coefficient (Wildman–Crippen LogP) is 1.56. The van der Waals surface area contributed by atoms with Crippen LogP contribution in [0, 0.1) is 6.92 Å². The van der Waals surface area contributed by atoms with E-state index in [1.54, 1.807) is 29.7 Å². The van der Waals surface area contributed by atoms with Crippen LogP contribution in [0.3, 0.4) is 0 Å². The molecule has 0 aromatic carbocycles. The molecule has 0 unspecified atom stereocenters. The number of hydrogen-bond donors (Lipinski definition) is 2. The largest absolute Gasteiger partial charge is 0.380 e. The molecule has 0 radical (unpaired) electrons. The van der Waals surface area contributed by atoms with E-state index < -0.39 is 5.91 Å². The molecule has 0 saturated carbocycles. The Bertz CT molecular complexity index is 538. The number of nitrogens with one attached hydrogen (secondary N) is 1. The molecule has 17 heavy (non-hydrogen) atoms. The van der Waals surface area contributed by atoms with Gasteiger partial charge in [0.25, 0.3) is 5.91 Å². The molecule has 0 bridgehead atoms. The van der Waals surface area contributed by atoms with E-state index in [0.717, 1.165) is 15.6 Å². The highest BCUT2D eigenvalue weighted by molar-refractivity contribution is 7.11. The molecule has 2 rings (SSSR count). The van der Waals surface area contributed by atoms with Gasteiger partial charge in [-0.3, -0.25) is 9.78 Å². The summed E-state index contributed by atoms with van der Waals surface area (Å²) in [6.45, 7) is 2.64. The summed E-state index contributed by atoms with van der Waals surface area (Å²) in [6.07, 6.45) is 3.39. The van der Waals surface area contributed by atoms with Crippen LogP contribution in [0.4, 0.5) is 5.69 Å². The number of aromatic nitrogens is 2. The maximum absolute atomic E-state index is 11.0. The number of anilines is 1. The molecule has 3 N–H and O–H groups in total. The van der Waals surface area contributed by atoms with E-state index in [1.165, 1.54) is 0 Å². The van der Waals surface area contributed by atoms with Crippen LogP contribution in [0.1, 0.15) is 20.4 Å². The minimum Gasteiger partial charge on any atom is -0.380 e. The number of carbonyl (C=O) groups is 1. The molecule has 0 aliphatic carbocycles. The van der Waals surface area contributed by atoms with Gasteiger partial charge in [-0.2, -0.15) is 0 Å². The zero-order valence-electron chi connectivity index (χ0n) is 9.30. The molecule has 88 valence electrons. The van der Waals surface area contributed by atoms with Crippen molar-refractivity contribution in [1.82, 2.24) is 9.97 Å². The highest BCUT2D eigenvalue weighted by Gasteiger charge is 2.03. The van der Waals surface area contributed by atoms with E-state index in [2.05, 4.69) is 15.3 Å². The topological polar surface area (TPSA) is 80.9 Å². The monoisotopic (exact) mass is 248 g/mol. The Kier molecular flexibility index (Phi) is 3.34. The number of thiazole rings is 1. The summed E-state index contributed by atoms with van der Waals surface area (Å²) in [4.78, 5) is 20.1. The number of hydrogen-bond acceptors (Lipinski definition) is 5. The lowest BCUT2D eigenvalue weighted by atomic mass is 10.3. The Labute approximate surface area is 103 Å². The molecule has 0 atom stereocenters. The molecule has 0 spiro atoms. The van der Waals surface area contributed by atoms with Crippen LogP contribution < -0.4 is 11.1 Å². The van der Waals surface area contributed by atoms with Gasteiger partial charge in [0.2, 0.25) is 0 Å². The molecule has 0 saturated heterocycles. The number of pyridine rings is 1. The average molecular weight is 248 g/mol. The van der Waals surface area contributed by atoms with Crippen molar-refractivity contribution in [3.05, 3.63) is 40.1 Å². The van der Waals surface area contributed by atoms with Gasteiger partial charge in [0, 0.05) is 23.0 Å². The predicted molar refractivity (Wildman–Crippen MR) is 66.9 cm³/mol. The normalized spacial score (nSPS) is 10.2. The van der Waals surface area contributed by atoms with Gasteiger partial charge in [0.1, 0.15) is 5.69 Å². The number of primary amides is 1. The van der Waals surface area contributed by atoms with E-state index in [4.69, 9.17) is 5.73 Å². The first kappa shape index (κ1) is 11.5. The lowest BCUT2D eigenvalue weighted by molar-refractivity contribution is 0.0995. The van der Waals surface area contributed by atoms with Crippen molar-refractivity contribution < 1.29 is 4.79 Å². The molecular formula is C11H12N4OS. The molecule has 1 amide bonds. The Morgan fingerprint density at radius 2 is 2.35 bits per heavy atom. The number of amides is 1. The summed E-state index contributed by atoms with van der Waals surface area (Å²) in [5, 5.41) is 4.23. The van der Waals surface area contributed by atoms with Crippen LogP contribution in [-0.2, 0) is 6.54 Å².